The molecule has 0 aromatic carbocycles. The zero-order valence-corrected chi connectivity index (χ0v) is 15.6. The fraction of sp³-hybridized carbons (Fsp3) is 1.00. The fourth-order valence-electron chi connectivity index (χ4n) is 2.72. The highest BCUT2D eigenvalue weighted by atomic mass is 32.3. The van der Waals surface area contributed by atoms with Crippen molar-refractivity contribution in [2.45, 2.75) is 110 Å². The van der Waals surface area contributed by atoms with Crippen LogP contribution in [-0.4, -0.2) is 18.6 Å². The van der Waals surface area contributed by atoms with E-state index >= 15 is 0 Å². The van der Waals surface area contributed by atoms with Gasteiger partial charge < -0.3 is 0 Å². The molecule has 0 unspecified atom stereocenters. The summed E-state index contributed by atoms with van der Waals surface area (Å²) in [6.07, 6.45) is 15.9. The molecule has 0 saturated heterocycles. The Hall–Kier alpha value is -0.130. The molecule has 0 bridgehead atoms. The summed E-state index contributed by atoms with van der Waals surface area (Å²) in [5.41, 5.74) is -0.813. The Morgan fingerprint density at radius 1 is 0.773 bits per heavy atom. The minimum atomic E-state index is -4.35. The van der Waals surface area contributed by atoms with Gasteiger partial charge in [0.2, 0.25) is 0 Å². The lowest BCUT2D eigenvalue weighted by Crippen LogP contribution is -2.27. The van der Waals surface area contributed by atoms with Crippen LogP contribution in [0, 0.1) is 0 Å². The van der Waals surface area contributed by atoms with Gasteiger partial charge in [-0.1, -0.05) is 84.0 Å². The minimum Gasteiger partial charge on any atom is -0.264 e. The molecule has 4 nitrogen and oxygen atoms in total. The third-order valence-corrected chi connectivity index (χ3v) is 4.63. The molecule has 0 saturated carbocycles. The third-order valence-electron chi connectivity index (χ3n) is 3.96. The average molecular weight is 337 g/mol. The molecule has 0 amide bonds. The van der Waals surface area contributed by atoms with Crippen LogP contribution in [0.15, 0.2) is 0 Å². The summed E-state index contributed by atoms with van der Waals surface area (Å²) >= 11 is 0. The SMILES string of the molecule is CCCCCCCCCCCCCCC(C)(C)OS(=O)(=O)O. The van der Waals surface area contributed by atoms with Gasteiger partial charge in [0.25, 0.3) is 0 Å². The number of unbranched alkanes of at least 4 members (excludes halogenated alkanes) is 11. The summed E-state index contributed by atoms with van der Waals surface area (Å²) in [5, 5.41) is 0. The standard InChI is InChI=1S/C17H36O4S/c1-4-5-6-7-8-9-10-11-12-13-14-15-16-17(2,3)21-22(18,19)20/h4-16H2,1-3H3,(H,18,19,20). The van der Waals surface area contributed by atoms with Crippen molar-refractivity contribution in [1.29, 1.82) is 0 Å². The van der Waals surface area contributed by atoms with Crippen LogP contribution >= 0.6 is 0 Å². The van der Waals surface area contributed by atoms with Crippen LogP contribution in [0.1, 0.15) is 104 Å². The van der Waals surface area contributed by atoms with E-state index in [9.17, 15) is 8.42 Å². The molecule has 0 heterocycles. The molecule has 22 heavy (non-hydrogen) atoms. The molecule has 134 valence electrons. The molecular formula is C17H36O4S. The Labute approximate surface area is 138 Å². The van der Waals surface area contributed by atoms with E-state index in [1.165, 1.54) is 64.2 Å². The topological polar surface area (TPSA) is 63.6 Å². The van der Waals surface area contributed by atoms with E-state index in [-0.39, 0.29) is 0 Å². The summed E-state index contributed by atoms with van der Waals surface area (Å²) < 4.78 is 34.7. The highest BCUT2D eigenvalue weighted by molar-refractivity contribution is 7.80. The third kappa shape index (κ3) is 16.2. The Morgan fingerprint density at radius 3 is 1.50 bits per heavy atom. The summed E-state index contributed by atoms with van der Waals surface area (Å²) in [5.74, 6) is 0. The van der Waals surface area contributed by atoms with E-state index in [1.807, 2.05) is 0 Å². The van der Waals surface area contributed by atoms with Crippen LogP contribution in [-0.2, 0) is 14.6 Å². The zero-order chi connectivity index (χ0) is 16.9. The van der Waals surface area contributed by atoms with Gasteiger partial charge in [0.1, 0.15) is 0 Å². The van der Waals surface area contributed by atoms with Crippen molar-refractivity contribution in [1.82, 2.24) is 0 Å². The first kappa shape index (κ1) is 21.9. The van der Waals surface area contributed by atoms with Gasteiger partial charge in [-0.25, -0.2) is 4.18 Å². The molecule has 0 aromatic heterocycles. The van der Waals surface area contributed by atoms with Gasteiger partial charge >= 0.3 is 10.4 Å². The fourth-order valence-corrected chi connectivity index (χ4v) is 3.37. The highest BCUT2D eigenvalue weighted by Gasteiger charge is 2.24. The number of hydrogen-bond donors (Lipinski definition) is 1. The molecule has 0 rings (SSSR count). The molecule has 0 aliphatic carbocycles. The van der Waals surface area contributed by atoms with Crippen molar-refractivity contribution in [3.05, 3.63) is 0 Å². The first-order valence-corrected chi connectivity index (χ1v) is 10.3. The summed E-state index contributed by atoms with van der Waals surface area (Å²) in [6, 6.07) is 0. The van der Waals surface area contributed by atoms with Crippen molar-refractivity contribution in [2.24, 2.45) is 0 Å². The molecule has 0 atom stereocenters. The van der Waals surface area contributed by atoms with Gasteiger partial charge in [-0.05, 0) is 20.3 Å². The van der Waals surface area contributed by atoms with Crippen LogP contribution in [0.2, 0.25) is 0 Å². The molecule has 5 heteroatoms. The second-order valence-electron chi connectivity index (χ2n) is 6.91. The molecule has 0 radical (unpaired) electrons. The number of hydrogen-bond acceptors (Lipinski definition) is 3. The van der Waals surface area contributed by atoms with Gasteiger partial charge in [0.05, 0.1) is 5.60 Å². The Balaban J connectivity index is 3.36. The molecule has 0 fully saturated rings. The molecular weight excluding hydrogens is 300 g/mol. The predicted octanol–water partition coefficient (Wildman–Crippen LogP) is 5.68. The van der Waals surface area contributed by atoms with Gasteiger partial charge in [-0.2, -0.15) is 8.42 Å². The van der Waals surface area contributed by atoms with Crippen LogP contribution in [0.3, 0.4) is 0 Å². The molecule has 1 N–H and O–H groups in total. The second-order valence-corrected chi connectivity index (χ2v) is 7.93. The van der Waals surface area contributed by atoms with Crippen LogP contribution in [0.25, 0.3) is 0 Å². The van der Waals surface area contributed by atoms with E-state index in [1.54, 1.807) is 13.8 Å². The monoisotopic (exact) mass is 336 g/mol. The van der Waals surface area contributed by atoms with Gasteiger partial charge in [-0.3, -0.25) is 4.55 Å². The highest BCUT2D eigenvalue weighted by Crippen LogP contribution is 2.21. The van der Waals surface area contributed by atoms with E-state index in [0.29, 0.717) is 6.42 Å². The summed E-state index contributed by atoms with van der Waals surface area (Å²) in [6.45, 7) is 5.63. The van der Waals surface area contributed by atoms with E-state index < -0.39 is 16.0 Å². The molecule has 0 aliphatic rings. The van der Waals surface area contributed by atoms with E-state index in [4.69, 9.17) is 4.55 Å². The van der Waals surface area contributed by atoms with E-state index in [0.717, 1.165) is 12.8 Å². The molecule has 0 spiro atoms. The Bertz CT molecular complexity index is 350. The maximum absolute atomic E-state index is 10.7. The minimum absolute atomic E-state index is 0.643. The quantitative estimate of drug-likeness (QED) is 0.309. The summed E-state index contributed by atoms with van der Waals surface area (Å²) in [4.78, 5) is 0. The largest absolute Gasteiger partial charge is 0.397 e. The van der Waals surface area contributed by atoms with Crippen molar-refractivity contribution < 1.29 is 17.2 Å². The van der Waals surface area contributed by atoms with Crippen LogP contribution in [0.5, 0.6) is 0 Å². The first-order chi connectivity index (χ1) is 10.3. The summed E-state index contributed by atoms with van der Waals surface area (Å²) in [7, 11) is -4.35. The lowest BCUT2D eigenvalue weighted by atomic mass is 9.99. The van der Waals surface area contributed by atoms with Crippen molar-refractivity contribution >= 4 is 10.4 Å². The molecule has 0 aromatic rings. The van der Waals surface area contributed by atoms with Crippen molar-refractivity contribution in [2.75, 3.05) is 0 Å². The average Bonchev–Trinajstić information content (AvgIpc) is 2.37. The maximum Gasteiger partial charge on any atom is 0.397 e. The molecule has 0 aliphatic heterocycles. The Morgan fingerprint density at radius 2 is 1.14 bits per heavy atom. The lowest BCUT2D eigenvalue weighted by Gasteiger charge is -2.22. The second kappa shape index (κ2) is 12.3. The smallest absolute Gasteiger partial charge is 0.264 e. The van der Waals surface area contributed by atoms with Gasteiger partial charge in [-0.15, -0.1) is 0 Å². The number of rotatable bonds is 15. The first-order valence-electron chi connectivity index (χ1n) is 8.95. The van der Waals surface area contributed by atoms with Crippen LogP contribution in [0.4, 0.5) is 0 Å². The van der Waals surface area contributed by atoms with E-state index in [2.05, 4.69) is 11.1 Å². The Kier molecular flexibility index (Phi) is 12.2. The van der Waals surface area contributed by atoms with Gasteiger partial charge in [0.15, 0.2) is 0 Å². The lowest BCUT2D eigenvalue weighted by molar-refractivity contribution is 0.0876. The van der Waals surface area contributed by atoms with Crippen molar-refractivity contribution in [3.63, 3.8) is 0 Å². The zero-order valence-electron chi connectivity index (χ0n) is 14.8. The predicted molar refractivity (Wildman–Crippen MR) is 92.4 cm³/mol. The maximum atomic E-state index is 10.7. The normalized spacial score (nSPS) is 12.7. The van der Waals surface area contributed by atoms with Crippen LogP contribution < -0.4 is 0 Å². The van der Waals surface area contributed by atoms with Crippen molar-refractivity contribution in [3.8, 4) is 0 Å². The van der Waals surface area contributed by atoms with Gasteiger partial charge in [0, 0.05) is 0 Å².